The number of carbonyl (C=O) groups excluding carboxylic acids is 1. The van der Waals surface area contributed by atoms with E-state index in [2.05, 4.69) is 33.0 Å². The van der Waals surface area contributed by atoms with Crippen molar-refractivity contribution < 1.29 is 19.7 Å². The lowest BCUT2D eigenvalue weighted by Crippen LogP contribution is -2.44. The molecule has 0 radical (unpaired) electrons. The summed E-state index contributed by atoms with van der Waals surface area (Å²) in [4.78, 5) is 17.4. The average Bonchev–Trinajstić information content (AvgIpc) is 3.39. The van der Waals surface area contributed by atoms with Crippen LogP contribution < -0.4 is 15.4 Å². The molecule has 9 nitrogen and oxygen atoms in total. The predicted octanol–water partition coefficient (Wildman–Crippen LogP) is 2.98. The number of fused-ring (bicyclic) bond motifs is 2. The number of nitrogens with one attached hydrogen (secondary N) is 3. The smallest absolute Gasteiger partial charge is 0.251 e. The lowest BCUT2D eigenvalue weighted by Gasteiger charge is -2.21. The number of aliphatic hydroxyl groups excluding tert-OH is 1. The van der Waals surface area contributed by atoms with E-state index < -0.39 is 18.2 Å². The van der Waals surface area contributed by atoms with Crippen LogP contribution in [0, 0.1) is 0 Å². The second kappa shape index (κ2) is 11.4. The first-order chi connectivity index (χ1) is 18.0. The summed E-state index contributed by atoms with van der Waals surface area (Å²) in [5.74, 6) is 1.36. The number of anilines is 1. The Morgan fingerprint density at radius 2 is 1.97 bits per heavy atom. The first kappa shape index (κ1) is 24.7. The fourth-order valence-electron chi connectivity index (χ4n) is 4.49. The molecule has 1 atom stereocenters. The topological polar surface area (TPSA) is 132 Å². The molecule has 1 aliphatic heterocycles. The number of aliphatic hydroxyl groups is 2. The highest BCUT2D eigenvalue weighted by Gasteiger charge is 2.21. The Morgan fingerprint density at radius 1 is 1.11 bits per heavy atom. The van der Waals surface area contributed by atoms with Gasteiger partial charge in [-0.05, 0) is 73.6 Å². The number of aromatic nitrogens is 3. The van der Waals surface area contributed by atoms with Gasteiger partial charge in [0.2, 0.25) is 0 Å². The average molecular weight is 502 g/mol. The van der Waals surface area contributed by atoms with Gasteiger partial charge in [-0.1, -0.05) is 24.3 Å². The second-order valence-corrected chi connectivity index (χ2v) is 9.31. The normalized spacial score (nSPS) is 13.7. The number of nitrogens with zero attached hydrogens (tertiary/aromatic N) is 2. The summed E-state index contributed by atoms with van der Waals surface area (Å²) in [6.07, 6.45) is 4.16. The molecule has 4 aromatic rings. The predicted molar refractivity (Wildman–Crippen MR) is 141 cm³/mol. The van der Waals surface area contributed by atoms with Gasteiger partial charge in [-0.2, -0.15) is 5.10 Å². The maximum absolute atomic E-state index is 12.7. The van der Waals surface area contributed by atoms with E-state index in [1.165, 1.54) is 5.56 Å². The summed E-state index contributed by atoms with van der Waals surface area (Å²) in [5, 5.41) is 33.5. The van der Waals surface area contributed by atoms with E-state index >= 15 is 0 Å². The van der Waals surface area contributed by atoms with Crippen LogP contribution in [0.4, 0.5) is 5.82 Å². The maximum atomic E-state index is 12.7. The third-order valence-electron chi connectivity index (χ3n) is 6.56. The lowest BCUT2D eigenvalue weighted by molar-refractivity contribution is -0.0647. The summed E-state index contributed by atoms with van der Waals surface area (Å²) < 4.78 is 5.88. The van der Waals surface area contributed by atoms with Crippen molar-refractivity contribution in [1.82, 2.24) is 20.5 Å². The molecule has 2 aromatic heterocycles. The molecular formula is C28H31N5O4. The highest BCUT2D eigenvalue weighted by Crippen LogP contribution is 2.21. The van der Waals surface area contributed by atoms with Crippen molar-refractivity contribution in [3.8, 4) is 5.75 Å². The first-order valence-electron chi connectivity index (χ1n) is 12.6. The molecule has 5 N–H and O–H groups in total. The minimum Gasteiger partial charge on any atom is -0.494 e. The van der Waals surface area contributed by atoms with Gasteiger partial charge in [0.1, 0.15) is 11.6 Å². The number of hydrogen-bond acceptors (Lipinski definition) is 7. The van der Waals surface area contributed by atoms with E-state index in [1.807, 2.05) is 24.3 Å². The van der Waals surface area contributed by atoms with E-state index in [1.54, 1.807) is 24.4 Å². The number of pyridine rings is 1. The third-order valence-corrected chi connectivity index (χ3v) is 6.56. The molecule has 3 heterocycles. The number of ether oxygens (including phenoxy) is 1. The molecule has 2 aromatic carbocycles. The summed E-state index contributed by atoms with van der Waals surface area (Å²) in [7, 11) is 0. The van der Waals surface area contributed by atoms with E-state index in [9.17, 15) is 15.0 Å². The van der Waals surface area contributed by atoms with Gasteiger partial charge < -0.3 is 25.6 Å². The number of carbonyl (C=O) groups is 1. The maximum Gasteiger partial charge on any atom is 0.251 e. The zero-order valence-electron chi connectivity index (χ0n) is 20.5. The number of aromatic amines is 1. The van der Waals surface area contributed by atoms with Crippen molar-refractivity contribution in [1.29, 1.82) is 0 Å². The van der Waals surface area contributed by atoms with Crippen LogP contribution in [0.3, 0.4) is 0 Å². The fourth-order valence-corrected chi connectivity index (χ4v) is 4.49. The summed E-state index contributed by atoms with van der Waals surface area (Å²) in [5.41, 5.74) is 4.35. The highest BCUT2D eigenvalue weighted by molar-refractivity contribution is 5.97. The van der Waals surface area contributed by atoms with Gasteiger partial charge in [-0.3, -0.25) is 9.89 Å². The van der Waals surface area contributed by atoms with E-state index in [4.69, 9.17) is 9.72 Å². The zero-order chi connectivity index (χ0) is 25.6. The molecule has 192 valence electrons. The third kappa shape index (κ3) is 6.25. The number of hydrogen-bond donors (Lipinski definition) is 5. The molecule has 0 bridgehead atoms. The van der Waals surface area contributed by atoms with E-state index in [-0.39, 0.29) is 6.42 Å². The Kier molecular flexibility index (Phi) is 7.62. The molecule has 5 rings (SSSR count). The molecule has 0 saturated carbocycles. The molecule has 0 saturated heterocycles. The van der Waals surface area contributed by atoms with Crippen molar-refractivity contribution in [2.24, 2.45) is 0 Å². The molecular weight excluding hydrogens is 470 g/mol. The van der Waals surface area contributed by atoms with Crippen LogP contribution in [0.15, 0.2) is 60.8 Å². The van der Waals surface area contributed by atoms with Crippen molar-refractivity contribution >= 4 is 22.6 Å². The highest BCUT2D eigenvalue weighted by atomic mass is 16.5. The Balaban J connectivity index is 1.10. The number of H-pyrrole nitrogens is 1. The minimum atomic E-state index is -1.71. The second-order valence-electron chi connectivity index (χ2n) is 9.31. The van der Waals surface area contributed by atoms with E-state index in [0.29, 0.717) is 12.2 Å². The van der Waals surface area contributed by atoms with Crippen LogP contribution in [-0.2, 0) is 19.3 Å². The van der Waals surface area contributed by atoms with Crippen LogP contribution >= 0.6 is 0 Å². The van der Waals surface area contributed by atoms with Crippen LogP contribution in [-0.4, -0.2) is 56.8 Å². The quantitative estimate of drug-likeness (QED) is 0.167. The van der Waals surface area contributed by atoms with Crippen LogP contribution in [0.2, 0.25) is 0 Å². The fraction of sp³-hybridized carbons (Fsp3) is 0.321. The molecule has 37 heavy (non-hydrogen) atoms. The Bertz CT molecular complexity index is 1350. The van der Waals surface area contributed by atoms with Crippen LogP contribution in [0.25, 0.3) is 10.9 Å². The van der Waals surface area contributed by atoms with Crippen molar-refractivity contribution in [2.45, 2.75) is 44.4 Å². The first-order valence-corrected chi connectivity index (χ1v) is 12.6. The Morgan fingerprint density at radius 3 is 2.81 bits per heavy atom. The molecule has 0 spiro atoms. The van der Waals surface area contributed by atoms with Gasteiger partial charge in [-0.15, -0.1) is 0 Å². The van der Waals surface area contributed by atoms with E-state index in [0.717, 1.165) is 66.0 Å². The summed E-state index contributed by atoms with van der Waals surface area (Å²) in [6.45, 7) is 1.55. The lowest BCUT2D eigenvalue weighted by atomic mass is 10.0. The molecule has 1 unspecified atom stereocenters. The van der Waals surface area contributed by atoms with Gasteiger partial charge in [0.15, 0.2) is 6.29 Å². The number of amides is 1. The van der Waals surface area contributed by atoms with Gasteiger partial charge in [-0.25, -0.2) is 4.98 Å². The largest absolute Gasteiger partial charge is 0.494 e. The summed E-state index contributed by atoms with van der Waals surface area (Å²) >= 11 is 0. The SMILES string of the molecule is O=C(NC(Cc1ccc(OCCCc2ccc3c(n2)NCCC3)cc1)C(O)O)c1ccc2cn[nH]c2c1. The molecule has 1 amide bonds. The van der Waals surface area contributed by atoms with Gasteiger partial charge >= 0.3 is 0 Å². The van der Waals surface area contributed by atoms with Gasteiger partial charge in [0.25, 0.3) is 5.91 Å². The van der Waals surface area contributed by atoms with Crippen molar-refractivity contribution in [3.63, 3.8) is 0 Å². The van der Waals surface area contributed by atoms with Gasteiger partial charge in [0, 0.05) is 23.2 Å². The van der Waals surface area contributed by atoms with Crippen molar-refractivity contribution in [3.05, 3.63) is 83.2 Å². The number of benzene rings is 2. The molecule has 9 heteroatoms. The monoisotopic (exact) mass is 501 g/mol. The van der Waals surface area contributed by atoms with Crippen molar-refractivity contribution in [2.75, 3.05) is 18.5 Å². The minimum absolute atomic E-state index is 0.258. The standard InChI is InChI=1S/C28H31N5O4/c34-27(20-7-8-21-17-30-33-24(21)16-20)32-25(28(35)36)15-18-5-11-23(12-6-18)37-14-2-4-22-10-9-19-3-1-13-29-26(19)31-22/h5-12,16-17,25,28,35-36H,1-4,13-15H2,(H,29,31)(H,30,33)(H,32,34). The molecule has 0 fully saturated rings. The Hall–Kier alpha value is -3.95. The molecule has 1 aliphatic rings. The Labute approximate surface area is 214 Å². The summed E-state index contributed by atoms with van der Waals surface area (Å²) in [6, 6.07) is 16.0. The number of rotatable bonds is 10. The molecule has 0 aliphatic carbocycles. The van der Waals surface area contributed by atoms with Crippen LogP contribution in [0.1, 0.15) is 40.0 Å². The van der Waals surface area contributed by atoms with Gasteiger partial charge in [0.05, 0.1) is 24.4 Å². The zero-order valence-corrected chi connectivity index (χ0v) is 20.5. The number of aryl methyl sites for hydroxylation is 2. The van der Waals surface area contributed by atoms with Crippen LogP contribution in [0.5, 0.6) is 5.75 Å².